The predicted molar refractivity (Wildman–Crippen MR) is 109 cm³/mol. The summed E-state index contributed by atoms with van der Waals surface area (Å²) in [5.41, 5.74) is 0.587. The second-order valence-corrected chi connectivity index (χ2v) is 7.71. The Balaban J connectivity index is 1.84. The first-order chi connectivity index (χ1) is 12.9. The Labute approximate surface area is 163 Å². The van der Waals surface area contributed by atoms with Crippen LogP contribution in [0.25, 0.3) is 0 Å². The Morgan fingerprint density at radius 2 is 1.74 bits per heavy atom. The van der Waals surface area contributed by atoms with Crippen LogP contribution in [0.4, 0.5) is 5.82 Å². The maximum atomic E-state index is 12.3. The molecule has 0 saturated carbocycles. The second kappa shape index (κ2) is 10.3. The van der Waals surface area contributed by atoms with E-state index in [-0.39, 0.29) is 11.8 Å². The van der Waals surface area contributed by atoms with Crippen molar-refractivity contribution in [3.05, 3.63) is 23.9 Å². The molecule has 27 heavy (non-hydrogen) atoms. The third-order valence-corrected chi connectivity index (χ3v) is 5.49. The first-order valence-electron chi connectivity index (χ1n) is 10.2. The van der Waals surface area contributed by atoms with E-state index in [1.54, 1.807) is 6.20 Å². The number of piperazine rings is 1. The fraction of sp³-hybridized carbons (Fsp3) is 0.667. The largest absolute Gasteiger partial charge is 0.353 e. The van der Waals surface area contributed by atoms with Crippen LogP contribution in [0, 0.1) is 11.8 Å². The van der Waals surface area contributed by atoms with Crippen molar-refractivity contribution in [3.63, 3.8) is 0 Å². The highest BCUT2D eigenvalue weighted by atomic mass is 16.2. The van der Waals surface area contributed by atoms with Crippen molar-refractivity contribution in [2.75, 3.05) is 37.6 Å². The van der Waals surface area contributed by atoms with E-state index in [9.17, 15) is 9.59 Å². The zero-order valence-electron chi connectivity index (χ0n) is 17.2. The van der Waals surface area contributed by atoms with Gasteiger partial charge in [-0.15, -0.1) is 0 Å². The monoisotopic (exact) mass is 374 g/mol. The summed E-state index contributed by atoms with van der Waals surface area (Å²) in [6.07, 6.45) is 4.35. The van der Waals surface area contributed by atoms with Crippen LogP contribution < -0.4 is 10.2 Å². The maximum Gasteiger partial charge on any atom is 0.252 e. The highest BCUT2D eigenvalue weighted by molar-refractivity contribution is 5.94. The molecule has 2 heterocycles. The third-order valence-electron chi connectivity index (χ3n) is 5.49. The van der Waals surface area contributed by atoms with Gasteiger partial charge in [0.05, 0.1) is 5.56 Å². The van der Waals surface area contributed by atoms with Crippen LogP contribution in [0.15, 0.2) is 18.3 Å². The highest BCUT2D eigenvalue weighted by Crippen LogP contribution is 2.16. The number of hydrogen-bond acceptors (Lipinski definition) is 4. The zero-order chi connectivity index (χ0) is 19.8. The lowest BCUT2D eigenvalue weighted by Crippen LogP contribution is -2.49. The van der Waals surface area contributed by atoms with Crippen LogP contribution in [0.1, 0.15) is 57.3 Å². The molecule has 2 rings (SSSR count). The molecule has 2 unspecified atom stereocenters. The molecule has 1 saturated heterocycles. The summed E-state index contributed by atoms with van der Waals surface area (Å²) in [5.74, 6) is 1.96. The Kier molecular flexibility index (Phi) is 8.07. The molecule has 6 nitrogen and oxygen atoms in total. The van der Waals surface area contributed by atoms with E-state index in [4.69, 9.17) is 0 Å². The van der Waals surface area contributed by atoms with Gasteiger partial charge in [0.2, 0.25) is 5.91 Å². The van der Waals surface area contributed by atoms with Gasteiger partial charge in [-0.3, -0.25) is 9.59 Å². The molecule has 1 N–H and O–H groups in total. The Morgan fingerprint density at radius 3 is 2.30 bits per heavy atom. The van der Waals surface area contributed by atoms with E-state index in [2.05, 4.69) is 42.9 Å². The molecule has 0 radical (unpaired) electrons. The fourth-order valence-corrected chi connectivity index (χ4v) is 2.98. The van der Waals surface area contributed by atoms with E-state index >= 15 is 0 Å². The van der Waals surface area contributed by atoms with Gasteiger partial charge < -0.3 is 15.1 Å². The number of anilines is 1. The molecule has 2 amide bonds. The molecule has 1 fully saturated rings. The quantitative estimate of drug-likeness (QED) is 0.760. The van der Waals surface area contributed by atoms with Gasteiger partial charge in [-0.05, 0) is 24.0 Å². The van der Waals surface area contributed by atoms with Gasteiger partial charge in [0.1, 0.15) is 5.82 Å². The summed E-state index contributed by atoms with van der Waals surface area (Å²) in [7, 11) is 0. The second-order valence-electron chi connectivity index (χ2n) is 7.71. The number of carbonyl (C=O) groups is 2. The van der Waals surface area contributed by atoms with Gasteiger partial charge in [0.25, 0.3) is 5.91 Å². The first kappa shape index (κ1) is 21.2. The normalized spacial score (nSPS) is 16.7. The molecular formula is C21H34N4O2. The summed E-state index contributed by atoms with van der Waals surface area (Å²) < 4.78 is 0. The number of nitrogens with one attached hydrogen (secondary N) is 1. The lowest BCUT2D eigenvalue weighted by molar-refractivity contribution is -0.132. The minimum absolute atomic E-state index is 0.0743. The number of aromatic nitrogens is 1. The van der Waals surface area contributed by atoms with Gasteiger partial charge in [-0.2, -0.15) is 0 Å². The topological polar surface area (TPSA) is 65.5 Å². The number of pyridine rings is 1. The molecule has 6 heteroatoms. The van der Waals surface area contributed by atoms with Crippen LogP contribution >= 0.6 is 0 Å². The molecule has 150 valence electrons. The molecule has 0 spiro atoms. The number of hydrogen-bond donors (Lipinski definition) is 1. The maximum absolute atomic E-state index is 12.3. The van der Waals surface area contributed by atoms with Crippen molar-refractivity contribution >= 4 is 17.6 Å². The number of nitrogens with zero attached hydrogens (tertiary/aromatic N) is 3. The van der Waals surface area contributed by atoms with Crippen LogP contribution in [0.3, 0.4) is 0 Å². The lowest BCUT2D eigenvalue weighted by Gasteiger charge is -2.35. The van der Waals surface area contributed by atoms with Crippen LogP contribution in [0.5, 0.6) is 0 Å². The van der Waals surface area contributed by atoms with Gasteiger partial charge in [0, 0.05) is 45.3 Å². The average Bonchev–Trinajstić information content (AvgIpc) is 2.71. The molecule has 0 aliphatic carbocycles. The number of carbonyl (C=O) groups excluding carboxylic acids is 2. The van der Waals surface area contributed by atoms with E-state index in [0.29, 0.717) is 30.4 Å². The minimum atomic E-state index is -0.0743. The molecule has 2 atom stereocenters. The predicted octanol–water partition coefficient (Wildman–Crippen LogP) is 2.94. The summed E-state index contributed by atoms with van der Waals surface area (Å²) in [6, 6.07) is 3.73. The summed E-state index contributed by atoms with van der Waals surface area (Å²) >= 11 is 0. The van der Waals surface area contributed by atoms with Crippen molar-refractivity contribution < 1.29 is 9.59 Å². The number of amides is 2. The van der Waals surface area contributed by atoms with Crippen LogP contribution in [-0.2, 0) is 4.79 Å². The number of rotatable bonds is 8. The van der Waals surface area contributed by atoms with Crippen molar-refractivity contribution in [2.24, 2.45) is 11.8 Å². The van der Waals surface area contributed by atoms with E-state index in [1.807, 2.05) is 17.0 Å². The van der Waals surface area contributed by atoms with Gasteiger partial charge in [0.15, 0.2) is 0 Å². The Bertz CT molecular complexity index is 609. The highest BCUT2D eigenvalue weighted by Gasteiger charge is 2.22. The van der Waals surface area contributed by atoms with Crippen LogP contribution in [0.2, 0.25) is 0 Å². The van der Waals surface area contributed by atoms with Crippen LogP contribution in [-0.4, -0.2) is 54.4 Å². The lowest BCUT2D eigenvalue weighted by atomic mass is 10.0. The smallest absolute Gasteiger partial charge is 0.252 e. The standard InChI is InChI=1S/C21H34N4O2/c1-5-16(3)13-20(26)25-11-9-24(10-12-25)19-8-7-18(15-22-19)21(27)23-14-17(4)6-2/h7-8,15-17H,5-6,9-14H2,1-4H3,(H,23,27). The van der Waals surface area contributed by atoms with Gasteiger partial charge >= 0.3 is 0 Å². The van der Waals surface area contributed by atoms with Gasteiger partial charge in [-0.1, -0.05) is 40.5 Å². The third kappa shape index (κ3) is 6.22. The average molecular weight is 375 g/mol. The summed E-state index contributed by atoms with van der Waals surface area (Å²) in [4.78, 5) is 33.1. The molecule has 1 aliphatic rings. The molecule has 1 aromatic rings. The molecule has 1 aliphatic heterocycles. The molecule has 0 aromatic carbocycles. The van der Waals surface area contributed by atoms with Crippen molar-refractivity contribution in [1.29, 1.82) is 0 Å². The van der Waals surface area contributed by atoms with E-state index < -0.39 is 0 Å². The zero-order valence-corrected chi connectivity index (χ0v) is 17.2. The van der Waals surface area contributed by atoms with Crippen molar-refractivity contribution in [2.45, 2.75) is 47.0 Å². The van der Waals surface area contributed by atoms with Gasteiger partial charge in [-0.25, -0.2) is 4.98 Å². The van der Waals surface area contributed by atoms with Crippen molar-refractivity contribution in [1.82, 2.24) is 15.2 Å². The Hall–Kier alpha value is -2.11. The van der Waals surface area contributed by atoms with Crippen molar-refractivity contribution in [3.8, 4) is 0 Å². The Morgan fingerprint density at radius 1 is 1.07 bits per heavy atom. The molecule has 1 aromatic heterocycles. The summed E-state index contributed by atoms with van der Waals surface area (Å²) in [5, 5.41) is 2.95. The first-order valence-corrected chi connectivity index (χ1v) is 10.2. The molecule has 0 bridgehead atoms. The molecular weight excluding hydrogens is 340 g/mol. The fourth-order valence-electron chi connectivity index (χ4n) is 2.98. The minimum Gasteiger partial charge on any atom is -0.353 e. The van der Waals surface area contributed by atoms with E-state index in [1.165, 1.54) is 0 Å². The summed E-state index contributed by atoms with van der Waals surface area (Å²) in [6.45, 7) is 12.2. The van der Waals surface area contributed by atoms with E-state index in [0.717, 1.165) is 44.8 Å². The SMILES string of the molecule is CCC(C)CNC(=O)c1ccc(N2CCN(C(=O)CC(C)CC)CC2)nc1.